The number of furan rings is 1. The Morgan fingerprint density at radius 3 is 1.69 bits per heavy atom. The zero-order chi connectivity index (χ0) is 29.7. The number of rotatable bonds is 4. The second-order valence-corrected chi connectivity index (χ2v) is 11.3. The van der Waals surface area contributed by atoms with Gasteiger partial charge in [0.1, 0.15) is 11.2 Å². The molecule has 0 fully saturated rings. The maximum Gasteiger partial charge on any atom is 0.167 e. The first-order valence-electron chi connectivity index (χ1n) is 15.0. The van der Waals surface area contributed by atoms with Crippen molar-refractivity contribution in [3.63, 3.8) is 0 Å². The zero-order valence-corrected chi connectivity index (χ0v) is 24.2. The van der Waals surface area contributed by atoms with E-state index in [2.05, 4.69) is 103 Å². The van der Waals surface area contributed by atoms with Gasteiger partial charge in [-0.15, -0.1) is 0 Å². The molecule has 0 N–H and O–H groups in total. The van der Waals surface area contributed by atoms with Crippen molar-refractivity contribution in [1.29, 1.82) is 0 Å². The first kappa shape index (κ1) is 25.4. The molecule has 0 aliphatic rings. The molecule has 0 saturated heterocycles. The molecule has 0 radical (unpaired) electrons. The summed E-state index contributed by atoms with van der Waals surface area (Å²) in [6.45, 7) is 0. The lowest BCUT2D eigenvalue weighted by Crippen LogP contribution is -2.00. The number of nitrogens with zero attached hydrogens (tertiary/aromatic N) is 3. The minimum Gasteiger partial charge on any atom is -0.455 e. The Bertz CT molecular complexity index is 2530. The lowest BCUT2D eigenvalue weighted by atomic mass is 10.00. The Morgan fingerprint density at radius 2 is 0.933 bits per heavy atom. The minimum atomic E-state index is 0.576. The lowest BCUT2D eigenvalue weighted by molar-refractivity contribution is 0.670. The van der Waals surface area contributed by atoms with E-state index in [1.165, 1.54) is 21.7 Å². The quantitative estimate of drug-likeness (QED) is 0.209. The summed E-state index contributed by atoms with van der Waals surface area (Å²) in [5.41, 5.74) is 6.61. The summed E-state index contributed by atoms with van der Waals surface area (Å²) in [5.74, 6) is 1.81. The van der Waals surface area contributed by atoms with Crippen molar-refractivity contribution in [3.8, 4) is 45.3 Å². The third kappa shape index (κ3) is 4.43. The van der Waals surface area contributed by atoms with Crippen LogP contribution in [-0.4, -0.2) is 15.0 Å². The Kier molecular flexibility index (Phi) is 5.78. The molecule has 9 rings (SSSR count). The van der Waals surface area contributed by atoms with Crippen LogP contribution in [0.4, 0.5) is 0 Å². The number of benzene rings is 7. The molecule has 2 aromatic heterocycles. The first-order chi connectivity index (χ1) is 22.3. The molecule has 210 valence electrons. The number of aromatic nitrogens is 3. The third-order valence-electron chi connectivity index (χ3n) is 8.50. The largest absolute Gasteiger partial charge is 0.455 e. The van der Waals surface area contributed by atoms with Crippen LogP contribution in [0.15, 0.2) is 156 Å². The molecule has 0 saturated carbocycles. The summed E-state index contributed by atoms with van der Waals surface area (Å²) in [5, 5.41) is 6.90. The van der Waals surface area contributed by atoms with Crippen molar-refractivity contribution in [2.24, 2.45) is 0 Å². The van der Waals surface area contributed by atoms with Crippen LogP contribution in [0.5, 0.6) is 0 Å². The predicted molar refractivity (Wildman–Crippen MR) is 184 cm³/mol. The molecule has 4 heteroatoms. The van der Waals surface area contributed by atoms with Gasteiger partial charge in [0.05, 0.1) is 5.56 Å². The van der Waals surface area contributed by atoms with Crippen LogP contribution < -0.4 is 0 Å². The van der Waals surface area contributed by atoms with Crippen LogP contribution >= 0.6 is 0 Å². The topological polar surface area (TPSA) is 51.8 Å². The summed E-state index contributed by atoms with van der Waals surface area (Å²) >= 11 is 0. The smallest absolute Gasteiger partial charge is 0.167 e. The summed E-state index contributed by atoms with van der Waals surface area (Å²) < 4.78 is 6.53. The van der Waals surface area contributed by atoms with E-state index in [0.29, 0.717) is 17.5 Å². The van der Waals surface area contributed by atoms with Crippen LogP contribution in [0.25, 0.3) is 88.8 Å². The maximum absolute atomic E-state index is 6.53. The minimum absolute atomic E-state index is 0.576. The van der Waals surface area contributed by atoms with E-state index in [9.17, 15) is 0 Å². The van der Waals surface area contributed by atoms with Gasteiger partial charge in [-0.2, -0.15) is 0 Å². The van der Waals surface area contributed by atoms with Crippen molar-refractivity contribution in [3.05, 3.63) is 152 Å². The highest BCUT2D eigenvalue weighted by molar-refractivity contribution is 6.12. The van der Waals surface area contributed by atoms with Crippen LogP contribution in [0.2, 0.25) is 0 Å². The Morgan fingerprint density at radius 1 is 0.356 bits per heavy atom. The normalized spacial score (nSPS) is 11.6. The van der Waals surface area contributed by atoms with Gasteiger partial charge in [-0.25, -0.2) is 15.0 Å². The van der Waals surface area contributed by atoms with Crippen molar-refractivity contribution >= 4 is 43.5 Å². The standard InChI is InChI=1S/C41H25N3O/c1-2-10-28(11-3-1)39-42-40(29-20-17-27(18-21-29)33-22-19-26-9-4-5-12-30(26)23-33)44-41(43-39)35-16-8-15-34-36-24-31-13-6-7-14-32(31)25-37(36)45-38(34)35/h1-25H. The van der Waals surface area contributed by atoms with E-state index < -0.39 is 0 Å². The molecule has 0 amide bonds. The van der Waals surface area contributed by atoms with Gasteiger partial charge in [-0.05, 0) is 56.9 Å². The molecule has 2 heterocycles. The van der Waals surface area contributed by atoms with Crippen molar-refractivity contribution < 1.29 is 4.42 Å². The molecule has 7 aromatic carbocycles. The Hall–Kier alpha value is -6.13. The van der Waals surface area contributed by atoms with Gasteiger partial charge in [0.2, 0.25) is 0 Å². The zero-order valence-electron chi connectivity index (χ0n) is 24.2. The second kappa shape index (κ2) is 10.2. The molecular weight excluding hydrogens is 550 g/mol. The SMILES string of the molecule is c1ccc(-c2nc(-c3ccc(-c4ccc5ccccc5c4)cc3)nc(-c3cccc4c3oc3cc5ccccc5cc34)n2)cc1. The molecule has 0 unspecified atom stereocenters. The van der Waals surface area contributed by atoms with E-state index in [1.807, 2.05) is 48.5 Å². The van der Waals surface area contributed by atoms with Crippen molar-refractivity contribution in [1.82, 2.24) is 15.0 Å². The van der Waals surface area contributed by atoms with Crippen LogP contribution in [0.1, 0.15) is 0 Å². The van der Waals surface area contributed by atoms with E-state index in [4.69, 9.17) is 19.4 Å². The van der Waals surface area contributed by atoms with Gasteiger partial charge in [0.25, 0.3) is 0 Å². The third-order valence-corrected chi connectivity index (χ3v) is 8.50. The lowest BCUT2D eigenvalue weighted by Gasteiger charge is -2.10. The van der Waals surface area contributed by atoms with Gasteiger partial charge in [0.15, 0.2) is 17.5 Å². The fraction of sp³-hybridized carbons (Fsp3) is 0. The predicted octanol–water partition coefficient (Wildman–Crippen LogP) is 10.7. The molecule has 0 bridgehead atoms. The molecule has 0 aliphatic heterocycles. The van der Waals surface area contributed by atoms with Gasteiger partial charge in [-0.3, -0.25) is 0 Å². The van der Waals surface area contributed by atoms with Gasteiger partial charge in [-0.1, -0.05) is 127 Å². The van der Waals surface area contributed by atoms with Gasteiger partial charge < -0.3 is 4.42 Å². The van der Waals surface area contributed by atoms with Gasteiger partial charge >= 0.3 is 0 Å². The summed E-state index contributed by atoms with van der Waals surface area (Å²) in [6, 6.07) is 52.3. The van der Waals surface area contributed by atoms with Crippen LogP contribution in [0.3, 0.4) is 0 Å². The van der Waals surface area contributed by atoms with E-state index >= 15 is 0 Å². The highest BCUT2D eigenvalue weighted by atomic mass is 16.3. The van der Waals surface area contributed by atoms with Crippen LogP contribution in [0, 0.1) is 0 Å². The number of para-hydroxylation sites is 1. The molecule has 9 aromatic rings. The second-order valence-electron chi connectivity index (χ2n) is 11.3. The molecule has 0 aliphatic carbocycles. The summed E-state index contributed by atoms with van der Waals surface area (Å²) in [4.78, 5) is 15.0. The highest BCUT2D eigenvalue weighted by Gasteiger charge is 2.18. The van der Waals surface area contributed by atoms with E-state index in [0.717, 1.165) is 49.6 Å². The van der Waals surface area contributed by atoms with E-state index in [1.54, 1.807) is 0 Å². The number of hydrogen-bond donors (Lipinski definition) is 0. The average molecular weight is 576 g/mol. The Balaban J connectivity index is 1.19. The molecular formula is C41H25N3O. The fourth-order valence-electron chi connectivity index (χ4n) is 6.18. The van der Waals surface area contributed by atoms with Crippen LogP contribution in [-0.2, 0) is 0 Å². The summed E-state index contributed by atoms with van der Waals surface area (Å²) in [6.07, 6.45) is 0. The fourth-order valence-corrected chi connectivity index (χ4v) is 6.18. The highest BCUT2D eigenvalue weighted by Crippen LogP contribution is 2.37. The summed E-state index contributed by atoms with van der Waals surface area (Å²) in [7, 11) is 0. The van der Waals surface area contributed by atoms with E-state index in [-0.39, 0.29) is 0 Å². The monoisotopic (exact) mass is 575 g/mol. The van der Waals surface area contributed by atoms with Crippen molar-refractivity contribution in [2.45, 2.75) is 0 Å². The molecule has 0 atom stereocenters. The molecule has 0 spiro atoms. The van der Waals surface area contributed by atoms with Gasteiger partial charge in [0, 0.05) is 21.9 Å². The average Bonchev–Trinajstić information content (AvgIpc) is 3.48. The Labute approximate surface area is 259 Å². The first-order valence-corrected chi connectivity index (χ1v) is 15.0. The molecule has 4 nitrogen and oxygen atoms in total. The molecule has 45 heavy (non-hydrogen) atoms. The number of hydrogen-bond acceptors (Lipinski definition) is 4. The van der Waals surface area contributed by atoms with Crippen molar-refractivity contribution in [2.75, 3.05) is 0 Å². The maximum atomic E-state index is 6.53. The number of fused-ring (bicyclic) bond motifs is 5.